The van der Waals surface area contributed by atoms with Crippen molar-refractivity contribution in [3.05, 3.63) is 57.9 Å². The number of aryl methyl sites for hydroxylation is 2. The molecule has 0 bridgehead atoms. The van der Waals surface area contributed by atoms with Gasteiger partial charge in [-0.05, 0) is 67.5 Å². The fourth-order valence-corrected chi connectivity index (χ4v) is 7.27. The van der Waals surface area contributed by atoms with Gasteiger partial charge in [0.15, 0.2) is 4.80 Å². The Hall–Kier alpha value is -1.65. The predicted octanol–water partition coefficient (Wildman–Crippen LogP) is 4.56. The zero-order valence-electron chi connectivity index (χ0n) is 18.5. The number of benzene rings is 2. The van der Waals surface area contributed by atoms with Crippen molar-refractivity contribution >= 4 is 60.8 Å². The first-order chi connectivity index (χ1) is 15.8. The number of rotatable bonds is 7. The number of amides is 1. The molecule has 176 valence electrons. The quantitative estimate of drug-likeness (QED) is 0.455. The second-order valence-electron chi connectivity index (χ2n) is 7.86. The molecule has 3 aromatic rings. The van der Waals surface area contributed by atoms with Crippen molar-refractivity contribution in [3.8, 4) is 0 Å². The molecule has 10 heteroatoms. The SMILES string of the molecule is CCc1ccc2c(c1)sc(=NC(=O)C1CCCN1S(=O)(=O)c1ccc(Cl)cc1)n2CCSC. The van der Waals surface area contributed by atoms with Gasteiger partial charge in [0.2, 0.25) is 10.0 Å². The van der Waals surface area contributed by atoms with E-state index >= 15 is 0 Å². The highest BCUT2D eigenvalue weighted by molar-refractivity contribution is 7.98. The average Bonchev–Trinajstić information content (AvgIpc) is 3.43. The minimum absolute atomic E-state index is 0.135. The van der Waals surface area contributed by atoms with Crippen LogP contribution in [0.3, 0.4) is 0 Å². The molecule has 1 saturated heterocycles. The molecule has 2 heterocycles. The van der Waals surface area contributed by atoms with Crippen LogP contribution in [0.1, 0.15) is 25.3 Å². The van der Waals surface area contributed by atoms with Crippen molar-refractivity contribution in [2.75, 3.05) is 18.6 Å². The Labute approximate surface area is 207 Å². The first-order valence-corrected chi connectivity index (χ1v) is 14.8. The van der Waals surface area contributed by atoms with Gasteiger partial charge in [0.05, 0.1) is 15.1 Å². The fourth-order valence-electron chi connectivity index (χ4n) is 4.01. The summed E-state index contributed by atoms with van der Waals surface area (Å²) in [7, 11) is -3.81. The van der Waals surface area contributed by atoms with E-state index in [2.05, 4.69) is 34.7 Å². The van der Waals surface area contributed by atoms with Crippen molar-refractivity contribution in [3.63, 3.8) is 0 Å². The largest absolute Gasteiger partial charge is 0.316 e. The maximum Gasteiger partial charge on any atom is 0.266 e. The Balaban J connectivity index is 1.71. The minimum atomic E-state index is -3.81. The number of hydrogen-bond donors (Lipinski definition) is 0. The Morgan fingerprint density at radius 1 is 1.24 bits per heavy atom. The molecule has 33 heavy (non-hydrogen) atoms. The van der Waals surface area contributed by atoms with Crippen LogP contribution in [0, 0.1) is 0 Å². The van der Waals surface area contributed by atoms with E-state index in [9.17, 15) is 13.2 Å². The number of hydrogen-bond acceptors (Lipinski definition) is 5. The van der Waals surface area contributed by atoms with Gasteiger partial charge in [-0.2, -0.15) is 21.1 Å². The van der Waals surface area contributed by atoms with Gasteiger partial charge in [-0.25, -0.2) is 8.42 Å². The van der Waals surface area contributed by atoms with E-state index in [-0.39, 0.29) is 4.90 Å². The minimum Gasteiger partial charge on any atom is -0.316 e. The zero-order chi connectivity index (χ0) is 23.6. The average molecular weight is 524 g/mol. The van der Waals surface area contributed by atoms with Crippen LogP contribution in [0.4, 0.5) is 0 Å². The van der Waals surface area contributed by atoms with E-state index in [0.717, 1.165) is 28.9 Å². The number of thioether (sulfide) groups is 1. The fraction of sp³-hybridized carbons (Fsp3) is 0.391. The second-order valence-corrected chi connectivity index (χ2v) is 12.2. The Morgan fingerprint density at radius 3 is 2.70 bits per heavy atom. The third-order valence-corrected chi connectivity index (χ3v) is 9.60. The van der Waals surface area contributed by atoms with E-state index in [1.54, 1.807) is 23.9 Å². The predicted molar refractivity (Wildman–Crippen MR) is 137 cm³/mol. The Morgan fingerprint density at radius 2 is 2.00 bits per heavy atom. The summed E-state index contributed by atoms with van der Waals surface area (Å²) < 4.78 is 30.9. The van der Waals surface area contributed by atoms with Gasteiger partial charge in [0, 0.05) is 23.9 Å². The normalized spacial score (nSPS) is 17.8. The molecule has 1 amide bonds. The molecule has 1 atom stereocenters. The van der Waals surface area contributed by atoms with E-state index < -0.39 is 22.0 Å². The van der Waals surface area contributed by atoms with Gasteiger partial charge in [-0.3, -0.25) is 4.79 Å². The molecular weight excluding hydrogens is 498 g/mol. The summed E-state index contributed by atoms with van der Waals surface area (Å²) in [6, 6.07) is 11.6. The summed E-state index contributed by atoms with van der Waals surface area (Å²) in [4.78, 5) is 18.5. The summed E-state index contributed by atoms with van der Waals surface area (Å²) in [5.74, 6) is 0.480. The molecule has 4 rings (SSSR count). The number of carbonyl (C=O) groups excluding carboxylic acids is 1. The number of nitrogens with zero attached hydrogens (tertiary/aromatic N) is 3. The molecule has 0 aliphatic carbocycles. The van der Waals surface area contributed by atoms with Gasteiger partial charge in [-0.15, -0.1) is 0 Å². The third kappa shape index (κ3) is 5.07. The summed E-state index contributed by atoms with van der Waals surface area (Å²) in [6.07, 6.45) is 4.07. The number of halogens is 1. The highest BCUT2D eigenvalue weighted by atomic mass is 35.5. The molecule has 2 aromatic carbocycles. The standard InChI is InChI=1S/C23H26ClN3O3S3/c1-3-16-6-11-19-21(15-16)32-23(26(19)13-14-31-2)25-22(28)20-5-4-12-27(20)33(29,30)18-9-7-17(24)8-10-18/h6-11,15,20H,3-5,12-14H2,1-2H3. The van der Waals surface area contributed by atoms with E-state index in [1.165, 1.54) is 33.3 Å². The van der Waals surface area contributed by atoms with Gasteiger partial charge < -0.3 is 4.57 Å². The molecule has 1 fully saturated rings. The topological polar surface area (TPSA) is 71.7 Å². The zero-order valence-corrected chi connectivity index (χ0v) is 21.7. The van der Waals surface area contributed by atoms with Crippen LogP contribution in [0.5, 0.6) is 0 Å². The number of aromatic nitrogens is 1. The van der Waals surface area contributed by atoms with E-state index in [4.69, 9.17) is 11.6 Å². The summed E-state index contributed by atoms with van der Waals surface area (Å²) in [6.45, 7) is 3.15. The van der Waals surface area contributed by atoms with Gasteiger partial charge >= 0.3 is 0 Å². The van der Waals surface area contributed by atoms with Crippen molar-refractivity contribution in [1.82, 2.24) is 8.87 Å². The van der Waals surface area contributed by atoms with Crippen LogP contribution in [-0.2, 0) is 27.8 Å². The Bertz CT molecular complexity index is 1330. The molecule has 1 aliphatic heterocycles. The maximum atomic E-state index is 13.3. The first-order valence-electron chi connectivity index (χ1n) is 10.8. The van der Waals surface area contributed by atoms with Crippen LogP contribution in [-0.4, -0.2) is 47.8 Å². The van der Waals surface area contributed by atoms with Crippen molar-refractivity contribution < 1.29 is 13.2 Å². The lowest BCUT2D eigenvalue weighted by molar-refractivity contribution is -0.121. The van der Waals surface area contributed by atoms with E-state index in [0.29, 0.717) is 29.2 Å². The van der Waals surface area contributed by atoms with E-state index in [1.807, 2.05) is 6.26 Å². The lowest BCUT2D eigenvalue weighted by Crippen LogP contribution is -2.40. The second kappa shape index (κ2) is 10.3. The molecule has 0 saturated carbocycles. The number of carbonyl (C=O) groups is 1. The summed E-state index contributed by atoms with van der Waals surface area (Å²) in [5.41, 5.74) is 2.28. The molecular formula is C23H26ClN3O3S3. The monoisotopic (exact) mass is 523 g/mol. The van der Waals surface area contributed by atoms with Crippen molar-refractivity contribution in [2.45, 2.75) is 43.7 Å². The lowest BCUT2D eigenvalue weighted by atomic mass is 10.2. The summed E-state index contributed by atoms with van der Waals surface area (Å²) in [5, 5.41) is 0.462. The van der Waals surface area contributed by atoms with Crippen LogP contribution in [0.15, 0.2) is 52.4 Å². The Kier molecular flexibility index (Phi) is 7.65. The number of fused-ring (bicyclic) bond motifs is 1. The highest BCUT2D eigenvalue weighted by Crippen LogP contribution is 2.28. The van der Waals surface area contributed by atoms with Crippen LogP contribution >= 0.6 is 34.7 Å². The molecule has 0 N–H and O–H groups in total. The maximum absolute atomic E-state index is 13.3. The lowest BCUT2D eigenvalue weighted by Gasteiger charge is -2.21. The van der Waals surface area contributed by atoms with Crippen LogP contribution in [0.25, 0.3) is 10.2 Å². The number of thiazole rings is 1. The van der Waals surface area contributed by atoms with Gasteiger partial charge in [-0.1, -0.05) is 35.9 Å². The molecule has 1 aromatic heterocycles. The summed E-state index contributed by atoms with van der Waals surface area (Å²) >= 11 is 9.13. The highest BCUT2D eigenvalue weighted by Gasteiger charge is 2.39. The smallest absolute Gasteiger partial charge is 0.266 e. The molecule has 0 spiro atoms. The van der Waals surface area contributed by atoms with Gasteiger partial charge in [0.1, 0.15) is 6.04 Å². The van der Waals surface area contributed by atoms with Gasteiger partial charge in [0.25, 0.3) is 5.91 Å². The van der Waals surface area contributed by atoms with Crippen molar-refractivity contribution in [2.24, 2.45) is 4.99 Å². The van der Waals surface area contributed by atoms with Crippen LogP contribution < -0.4 is 4.80 Å². The molecule has 0 radical (unpaired) electrons. The van der Waals surface area contributed by atoms with Crippen LogP contribution in [0.2, 0.25) is 5.02 Å². The molecule has 6 nitrogen and oxygen atoms in total. The molecule has 1 aliphatic rings. The first kappa shape index (κ1) is 24.5. The third-order valence-electron chi connectivity index (χ3n) is 5.79. The van der Waals surface area contributed by atoms with Crippen molar-refractivity contribution in [1.29, 1.82) is 0 Å². The number of sulfonamides is 1. The molecule has 1 unspecified atom stereocenters.